The third-order valence-electron chi connectivity index (χ3n) is 1.95. The van der Waals surface area contributed by atoms with Crippen molar-refractivity contribution in [1.82, 2.24) is 9.97 Å². The van der Waals surface area contributed by atoms with Crippen LogP contribution in [0.3, 0.4) is 0 Å². The van der Waals surface area contributed by atoms with Gasteiger partial charge >= 0.3 is 0 Å². The number of nitrogens with one attached hydrogen (secondary N) is 1. The van der Waals surface area contributed by atoms with E-state index in [-0.39, 0.29) is 11.9 Å². The highest BCUT2D eigenvalue weighted by Gasteiger charge is 2.10. The van der Waals surface area contributed by atoms with Gasteiger partial charge in [0.25, 0.3) is 0 Å². The van der Waals surface area contributed by atoms with E-state index in [2.05, 4.69) is 25.9 Å². The van der Waals surface area contributed by atoms with E-state index in [1.807, 2.05) is 6.92 Å². The van der Waals surface area contributed by atoms with Gasteiger partial charge in [-0.2, -0.15) is 0 Å². The van der Waals surface area contributed by atoms with Crippen molar-refractivity contribution in [3.63, 3.8) is 0 Å². The second-order valence-electron chi connectivity index (χ2n) is 3.19. The number of halogens is 2. The molecule has 0 fully saturated rings. The van der Waals surface area contributed by atoms with Crippen molar-refractivity contribution in [1.29, 1.82) is 0 Å². The minimum atomic E-state index is -0.302. The largest absolute Gasteiger partial charge is 0.341 e. The number of H-pyrrole nitrogens is 1. The Bertz CT molecular complexity index is 478. The summed E-state index contributed by atoms with van der Waals surface area (Å²) in [6, 6.07) is 2.60. The standard InChI is InChI=1S/C9H9BrFN3/c1-4(12)9-13-7-3-5(11)2-6(10)8(7)14-9/h2-4H,12H2,1H3,(H,13,14)/t4-/m0/s1. The fraction of sp³-hybridized carbons (Fsp3) is 0.222. The van der Waals surface area contributed by atoms with Crippen LogP contribution < -0.4 is 5.73 Å². The van der Waals surface area contributed by atoms with E-state index >= 15 is 0 Å². The number of rotatable bonds is 1. The van der Waals surface area contributed by atoms with Gasteiger partial charge in [-0.3, -0.25) is 0 Å². The molecule has 0 bridgehead atoms. The first kappa shape index (κ1) is 9.61. The van der Waals surface area contributed by atoms with Gasteiger partial charge in [-0.05, 0) is 35.0 Å². The number of aromatic nitrogens is 2. The molecule has 14 heavy (non-hydrogen) atoms. The van der Waals surface area contributed by atoms with Crippen LogP contribution >= 0.6 is 15.9 Å². The number of nitrogens with two attached hydrogens (primary N) is 1. The molecule has 0 unspecified atom stereocenters. The Labute approximate surface area is 88.6 Å². The number of nitrogens with zero attached hydrogens (tertiary/aromatic N) is 1. The average Bonchev–Trinajstić information content (AvgIpc) is 2.47. The molecule has 0 aliphatic carbocycles. The molecule has 0 saturated heterocycles. The summed E-state index contributed by atoms with van der Waals surface area (Å²) >= 11 is 3.25. The molecule has 1 aromatic carbocycles. The maximum Gasteiger partial charge on any atom is 0.126 e. The molecular formula is C9H9BrFN3. The van der Waals surface area contributed by atoms with Crippen LogP contribution in [0.15, 0.2) is 16.6 Å². The van der Waals surface area contributed by atoms with E-state index in [0.717, 1.165) is 0 Å². The summed E-state index contributed by atoms with van der Waals surface area (Å²) in [5.74, 6) is 0.357. The monoisotopic (exact) mass is 257 g/mol. The first-order chi connectivity index (χ1) is 6.58. The Kier molecular flexibility index (Phi) is 2.28. The Morgan fingerprint density at radius 1 is 1.57 bits per heavy atom. The number of fused-ring (bicyclic) bond motifs is 1. The van der Waals surface area contributed by atoms with Crippen molar-refractivity contribution < 1.29 is 4.39 Å². The maximum atomic E-state index is 13.0. The molecule has 0 spiro atoms. The van der Waals surface area contributed by atoms with Gasteiger partial charge in [0.15, 0.2) is 0 Å². The van der Waals surface area contributed by atoms with E-state index in [4.69, 9.17) is 5.73 Å². The summed E-state index contributed by atoms with van der Waals surface area (Å²) in [4.78, 5) is 7.23. The second-order valence-corrected chi connectivity index (χ2v) is 4.05. The lowest BCUT2D eigenvalue weighted by molar-refractivity contribution is 0.628. The van der Waals surface area contributed by atoms with Gasteiger partial charge in [0.2, 0.25) is 0 Å². The molecule has 74 valence electrons. The Hall–Kier alpha value is -0.940. The van der Waals surface area contributed by atoms with Crippen molar-refractivity contribution in [3.8, 4) is 0 Å². The Morgan fingerprint density at radius 2 is 2.29 bits per heavy atom. The van der Waals surface area contributed by atoms with Crippen LogP contribution in [0.5, 0.6) is 0 Å². The average molecular weight is 258 g/mol. The van der Waals surface area contributed by atoms with Gasteiger partial charge < -0.3 is 10.7 Å². The van der Waals surface area contributed by atoms with Crippen LogP contribution in [0.1, 0.15) is 18.8 Å². The predicted octanol–water partition coefficient (Wildman–Crippen LogP) is 2.48. The Balaban J connectivity index is 2.70. The van der Waals surface area contributed by atoms with Crippen LogP contribution in [0, 0.1) is 5.82 Å². The predicted molar refractivity (Wildman–Crippen MR) is 56.4 cm³/mol. The number of benzene rings is 1. The zero-order valence-corrected chi connectivity index (χ0v) is 9.10. The molecule has 1 atom stereocenters. The Morgan fingerprint density at radius 3 is 2.93 bits per heavy atom. The van der Waals surface area contributed by atoms with Crippen molar-refractivity contribution in [2.75, 3.05) is 0 Å². The normalized spacial score (nSPS) is 13.4. The van der Waals surface area contributed by atoms with Gasteiger partial charge in [0, 0.05) is 4.47 Å². The van der Waals surface area contributed by atoms with Gasteiger partial charge in [0.05, 0.1) is 11.6 Å². The van der Waals surface area contributed by atoms with Crippen LogP contribution in [0.2, 0.25) is 0 Å². The number of hydrogen-bond acceptors (Lipinski definition) is 2. The molecule has 2 rings (SSSR count). The molecule has 0 amide bonds. The highest BCUT2D eigenvalue weighted by atomic mass is 79.9. The zero-order valence-electron chi connectivity index (χ0n) is 7.51. The van der Waals surface area contributed by atoms with Crippen molar-refractivity contribution >= 4 is 27.0 Å². The van der Waals surface area contributed by atoms with Gasteiger partial charge in [-0.15, -0.1) is 0 Å². The smallest absolute Gasteiger partial charge is 0.126 e. The highest BCUT2D eigenvalue weighted by molar-refractivity contribution is 9.10. The minimum Gasteiger partial charge on any atom is -0.341 e. The van der Waals surface area contributed by atoms with E-state index < -0.39 is 0 Å². The lowest BCUT2D eigenvalue weighted by Gasteiger charge is -1.96. The quantitative estimate of drug-likeness (QED) is 0.825. The third-order valence-corrected chi connectivity index (χ3v) is 2.56. The highest BCUT2D eigenvalue weighted by Crippen LogP contribution is 2.24. The third kappa shape index (κ3) is 1.53. The minimum absolute atomic E-state index is 0.183. The number of hydrogen-bond donors (Lipinski definition) is 2. The van der Waals surface area contributed by atoms with Crippen LogP contribution in [0.25, 0.3) is 11.0 Å². The number of aromatic amines is 1. The topological polar surface area (TPSA) is 54.7 Å². The molecule has 5 heteroatoms. The fourth-order valence-corrected chi connectivity index (χ4v) is 1.80. The first-order valence-electron chi connectivity index (χ1n) is 4.18. The van der Waals surface area contributed by atoms with Crippen molar-refractivity contribution in [2.45, 2.75) is 13.0 Å². The molecule has 2 aromatic rings. The summed E-state index contributed by atoms with van der Waals surface area (Å²) in [7, 11) is 0. The summed E-state index contributed by atoms with van der Waals surface area (Å²) in [5.41, 5.74) is 7.03. The van der Waals surface area contributed by atoms with Crippen LogP contribution in [-0.2, 0) is 0 Å². The summed E-state index contributed by atoms with van der Waals surface area (Å²) in [5, 5.41) is 0. The van der Waals surface area contributed by atoms with Gasteiger partial charge in [-0.25, -0.2) is 9.37 Å². The zero-order chi connectivity index (χ0) is 10.3. The molecule has 0 radical (unpaired) electrons. The van der Waals surface area contributed by atoms with Crippen LogP contribution in [0.4, 0.5) is 4.39 Å². The SMILES string of the molecule is C[C@H](N)c1nc2c(Br)cc(F)cc2[nH]1. The maximum absolute atomic E-state index is 13.0. The molecule has 1 aromatic heterocycles. The molecule has 0 aliphatic rings. The molecule has 3 N–H and O–H groups in total. The van der Waals surface area contributed by atoms with E-state index in [0.29, 0.717) is 21.3 Å². The molecule has 0 aliphatic heterocycles. The molecule has 0 saturated carbocycles. The lowest BCUT2D eigenvalue weighted by atomic mass is 10.3. The van der Waals surface area contributed by atoms with Crippen molar-refractivity contribution in [2.24, 2.45) is 5.73 Å². The molecular weight excluding hydrogens is 249 g/mol. The summed E-state index contributed by atoms with van der Waals surface area (Å²) in [6.45, 7) is 1.82. The summed E-state index contributed by atoms with van der Waals surface area (Å²) in [6.07, 6.45) is 0. The van der Waals surface area contributed by atoms with Gasteiger partial charge in [-0.1, -0.05) is 0 Å². The van der Waals surface area contributed by atoms with Crippen molar-refractivity contribution in [3.05, 3.63) is 28.2 Å². The summed E-state index contributed by atoms with van der Waals surface area (Å²) < 4.78 is 13.6. The lowest BCUT2D eigenvalue weighted by Crippen LogP contribution is -2.06. The molecule has 1 heterocycles. The molecule has 3 nitrogen and oxygen atoms in total. The van der Waals surface area contributed by atoms with E-state index in [1.54, 1.807) is 0 Å². The van der Waals surface area contributed by atoms with Gasteiger partial charge in [0.1, 0.15) is 17.2 Å². The van der Waals surface area contributed by atoms with E-state index in [9.17, 15) is 4.39 Å². The van der Waals surface area contributed by atoms with Crippen LogP contribution in [-0.4, -0.2) is 9.97 Å². The van der Waals surface area contributed by atoms with E-state index in [1.165, 1.54) is 12.1 Å². The number of imidazole rings is 1. The fourth-order valence-electron chi connectivity index (χ4n) is 1.28. The first-order valence-corrected chi connectivity index (χ1v) is 4.97. The second kappa shape index (κ2) is 3.33.